The van der Waals surface area contributed by atoms with E-state index in [0.717, 1.165) is 60.2 Å². The summed E-state index contributed by atoms with van der Waals surface area (Å²) in [7, 11) is 1.64. The molecule has 37 heavy (non-hydrogen) atoms. The first-order chi connectivity index (χ1) is 17.8. The average molecular weight is 523 g/mol. The van der Waals surface area contributed by atoms with Crippen LogP contribution in [0.4, 0.5) is 32.1 Å². The monoisotopic (exact) mass is 522 g/mol. The van der Waals surface area contributed by atoms with E-state index in [1.54, 1.807) is 13.3 Å². The standard InChI is InChI=1S/C26H28F2N8S/c1-13-9-22(34-33-13)30-25-23(15-5-6-15)24(19-12-36(14(2)29-19)16-7-8-16)31-26(32-25)35(3)20-10-18(28)21(37-4)11-17(20)27/h9-12,15-16H,5-8H2,1-4H3,(H2,30,31,32,33,34). The number of aryl methyl sites for hydroxylation is 2. The Kier molecular flexibility index (Phi) is 5.89. The molecule has 192 valence electrons. The lowest BCUT2D eigenvalue weighted by atomic mass is 10.1. The maximum absolute atomic E-state index is 15.1. The molecule has 1 aromatic carbocycles. The van der Waals surface area contributed by atoms with Gasteiger partial charge in [-0.05, 0) is 57.8 Å². The normalized spacial score (nSPS) is 15.3. The molecule has 3 heterocycles. The van der Waals surface area contributed by atoms with Crippen LogP contribution in [0.2, 0.25) is 0 Å². The van der Waals surface area contributed by atoms with Crippen molar-refractivity contribution in [1.29, 1.82) is 0 Å². The fourth-order valence-corrected chi connectivity index (χ4v) is 5.10. The second-order valence-electron chi connectivity index (χ2n) is 9.78. The van der Waals surface area contributed by atoms with Crippen molar-refractivity contribution in [1.82, 2.24) is 29.7 Å². The van der Waals surface area contributed by atoms with Crippen LogP contribution in [0, 0.1) is 25.5 Å². The third kappa shape index (κ3) is 4.56. The molecule has 6 rings (SSSR count). The Balaban J connectivity index is 1.51. The molecule has 2 N–H and O–H groups in total. The van der Waals surface area contributed by atoms with Gasteiger partial charge in [0.1, 0.15) is 34.7 Å². The van der Waals surface area contributed by atoms with E-state index in [1.807, 2.05) is 19.9 Å². The van der Waals surface area contributed by atoms with E-state index >= 15 is 4.39 Å². The molecular formula is C26H28F2N8S. The van der Waals surface area contributed by atoms with Gasteiger partial charge in [0.2, 0.25) is 5.95 Å². The smallest absolute Gasteiger partial charge is 0.232 e. The van der Waals surface area contributed by atoms with Gasteiger partial charge in [0.25, 0.3) is 0 Å². The van der Waals surface area contributed by atoms with Gasteiger partial charge in [-0.2, -0.15) is 10.1 Å². The van der Waals surface area contributed by atoms with Gasteiger partial charge in [-0.25, -0.2) is 18.7 Å². The Morgan fingerprint density at radius 2 is 1.84 bits per heavy atom. The minimum Gasteiger partial charge on any atom is -0.331 e. The lowest BCUT2D eigenvalue weighted by molar-refractivity contribution is 0.577. The van der Waals surface area contributed by atoms with Crippen molar-refractivity contribution >= 4 is 35.0 Å². The molecule has 8 nitrogen and oxygen atoms in total. The molecule has 0 atom stereocenters. The first kappa shape index (κ1) is 23.9. The Morgan fingerprint density at radius 1 is 1.05 bits per heavy atom. The van der Waals surface area contributed by atoms with Crippen molar-refractivity contribution in [3.8, 4) is 11.4 Å². The fraction of sp³-hybridized carbons (Fsp3) is 0.385. The second kappa shape index (κ2) is 9.13. The SMILES string of the molecule is CSc1cc(F)c(N(C)c2nc(Nc3cc(C)[nH]n3)c(C3CC3)c(-c3cn(C4CC4)c(C)n3)n2)cc1F. The third-order valence-corrected chi connectivity index (χ3v) is 7.61. The van der Waals surface area contributed by atoms with Crippen LogP contribution in [0.25, 0.3) is 11.4 Å². The number of nitrogens with one attached hydrogen (secondary N) is 2. The first-order valence-corrected chi connectivity index (χ1v) is 13.6. The molecule has 2 aliphatic rings. The van der Waals surface area contributed by atoms with Crippen LogP contribution in [0.3, 0.4) is 0 Å². The van der Waals surface area contributed by atoms with Crippen LogP contribution in [-0.2, 0) is 0 Å². The van der Waals surface area contributed by atoms with Crippen LogP contribution in [0.1, 0.15) is 54.7 Å². The summed E-state index contributed by atoms with van der Waals surface area (Å²) >= 11 is 1.16. The molecule has 0 amide bonds. The number of imidazole rings is 1. The van der Waals surface area contributed by atoms with E-state index < -0.39 is 11.6 Å². The van der Waals surface area contributed by atoms with Crippen molar-refractivity contribution in [2.24, 2.45) is 0 Å². The maximum atomic E-state index is 15.1. The molecule has 3 aromatic heterocycles. The molecule has 0 bridgehead atoms. The van der Waals surface area contributed by atoms with E-state index in [-0.39, 0.29) is 16.5 Å². The van der Waals surface area contributed by atoms with Crippen LogP contribution < -0.4 is 10.2 Å². The van der Waals surface area contributed by atoms with Crippen LogP contribution >= 0.6 is 11.8 Å². The number of hydrogen-bond acceptors (Lipinski definition) is 7. The lowest BCUT2D eigenvalue weighted by Crippen LogP contribution is -2.17. The molecule has 11 heteroatoms. The zero-order valence-electron chi connectivity index (χ0n) is 21.1. The quantitative estimate of drug-likeness (QED) is 0.259. The van der Waals surface area contributed by atoms with Crippen LogP contribution in [0.15, 0.2) is 29.3 Å². The Hall–Kier alpha value is -3.47. The predicted molar refractivity (Wildman–Crippen MR) is 141 cm³/mol. The molecule has 4 aromatic rings. The minimum absolute atomic E-state index is 0.0571. The van der Waals surface area contributed by atoms with Gasteiger partial charge in [0, 0.05) is 47.6 Å². The van der Waals surface area contributed by atoms with Crippen molar-refractivity contribution in [3.63, 3.8) is 0 Å². The lowest BCUT2D eigenvalue weighted by Gasteiger charge is -2.22. The molecule has 0 radical (unpaired) electrons. The van der Waals surface area contributed by atoms with Gasteiger partial charge < -0.3 is 14.8 Å². The highest BCUT2D eigenvalue weighted by atomic mass is 32.2. The predicted octanol–water partition coefficient (Wildman–Crippen LogP) is 6.40. The highest BCUT2D eigenvalue weighted by molar-refractivity contribution is 7.98. The number of aromatic nitrogens is 6. The molecule has 2 saturated carbocycles. The molecule has 0 spiro atoms. The van der Waals surface area contributed by atoms with E-state index in [9.17, 15) is 4.39 Å². The maximum Gasteiger partial charge on any atom is 0.232 e. The summed E-state index contributed by atoms with van der Waals surface area (Å²) in [6.45, 7) is 3.93. The summed E-state index contributed by atoms with van der Waals surface area (Å²) in [5.74, 6) is 1.65. The number of H-pyrrole nitrogens is 1. The summed E-state index contributed by atoms with van der Waals surface area (Å²) in [5, 5.41) is 10.6. The van der Waals surface area contributed by atoms with Crippen LogP contribution in [-0.4, -0.2) is 43.0 Å². The number of rotatable bonds is 8. The zero-order chi connectivity index (χ0) is 25.8. The number of thioether (sulfide) groups is 1. The summed E-state index contributed by atoms with van der Waals surface area (Å²) in [6, 6.07) is 4.77. The largest absolute Gasteiger partial charge is 0.331 e. The average Bonchev–Trinajstić information content (AvgIpc) is 3.81. The first-order valence-electron chi connectivity index (χ1n) is 12.4. The van der Waals surface area contributed by atoms with Gasteiger partial charge in [0.15, 0.2) is 5.82 Å². The summed E-state index contributed by atoms with van der Waals surface area (Å²) in [4.78, 5) is 16.3. The van der Waals surface area contributed by atoms with E-state index in [4.69, 9.17) is 15.0 Å². The Morgan fingerprint density at radius 3 is 2.49 bits per heavy atom. The van der Waals surface area contributed by atoms with Crippen LogP contribution in [0.5, 0.6) is 0 Å². The third-order valence-electron chi connectivity index (χ3n) is 6.85. The molecular weight excluding hydrogens is 494 g/mol. The number of hydrogen-bond donors (Lipinski definition) is 2. The van der Waals surface area contributed by atoms with E-state index in [2.05, 4.69) is 26.3 Å². The van der Waals surface area contributed by atoms with Gasteiger partial charge in [-0.3, -0.25) is 5.10 Å². The Labute approximate surface area is 217 Å². The number of halogens is 2. The molecule has 0 saturated heterocycles. The summed E-state index contributed by atoms with van der Waals surface area (Å²) in [5.41, 5.74) is 3.41. The molecule has 0 aliphatic heterocycles. The van der Waals surface area contributed by atoms with Gasteiger partial charge >= 0.3 is 0 Å². The highest BCUT2D eigenvalue weighted by Gasteiger charge is 2.34. The van der Waals surface area contributed by atoms with E-state index in [0.29, 0.717) is 29.3 Å². The number of anilines is 4. The summed E-state index contributed by atoms with van der Waals surface area (Å²) < 4.78 is 31.9. The van der Waals surface area contributed by atoms with Gasteiger partial charge in [0.05, 0.1) is 5.69 Å². The fourth-order valence-electron chi connectivity index (χ4n) is 4.62. The highest BCUT2D eigenvalue weighted by Crippen LogP contribution is 2.48. The van der Waals surface area contributed by atoms with Gasteiger partial charge in [-0.1, -0.05) is 0 Å². The van der Waals surface area contributed by atoms with Gasteiger partial charge in [-0.15, -0.1) is 11.8 Å². The Bertz CT molecular complexity index is 1490. The number of aromatic amines is 1. The molecule has 2 aliphatic carbocycles. The zero-order valence-corrected chi connectivity index (χ0v) is 22.0. The molecule has 0 unspecified atom stereocenters. The molecule has 2 fully saturated rings. The van der Waals surface area contributed by atoms with Crippen molar-refractivity contribution in [2.45, 2.75) is 56.4 Å². The van der Waals surface area contributed by atoms with Crippen molar-refractivity contribution < 1.29 is 8.78 Å². The van der Waals surface area contributed by atoms with Crippen molar-refractivity contribution in [3.05, 3.63) is 53.1 Å². The minimum atomic E-state index is -0.545. The number of benzene rings is 1. The number of nitrogens with zero attached hydrogens (tertiary/aromatic N) is 6. The second-order valence-corrected chi connectivity index (χ2v) is 10.6. The van der Waals surface area contributed by atoms with E-state index in [1.165, 1.54) is 17.0 Å². The van der Waals surface area contributed by atoms with Crippen molar-refractivity contribution in [2.75, 3.05) is 23.5 Å². The topological polar surface area (TPSA) is 87.5 Å². The summed E-state index contributed by atoms with van der Waals surface area (Å²) in [6.07, 6.45) is 8.11.